The zero-order valence-corrected chi connectivity index (χ0v) is 12.9. The third-order valence-corrected chi connectivity index (χ3v) is 4.75. The Labute approximate surface area is 128 Å². The van der Waals surface area contributed by atoms with E-state index in [2.05, 4.69) is 0 Å². The number of methoxy groups -OCH3 is 1. The Balaban J connectivity index is 1.81. The SMILES string of the molecule is COc1ccc(C2SCC(=O)N2Cc2ccc(C)o2)cc1. The molecule has 0 saturated carbocycles. The maximum atomic E-state index is 12.1. The summed E-state index contributed by atoms with van der Waals surface area (Å²) in [6.45, 7) is 2.42. The first-order chi connectivity index (χ1) is 10.2. The molecule has 1 saturated heterocycles. The molecule has 0 bridgehead atoms. The first kappa shape index (κ1) is 14.1. The van der Waals surface area contributed by atoms with E-state index < -0.39 is 0 Å². The molecule has 2 aromatic rings. The first-order valence-corrected chi connectivity index (χ1v) is 7.82. The van der Waals surface area contributed by atoms with Crippen LogP contribution in [0.5, 0.6) is 5.75 Å². The summed E-state index contributed by atoms with van der Waals surface area (Å²) in [7, 11) is 1.65. The van der Waals surface area contributed by atoms with Crippen LogP contribution < -0.4 is 4.74 Å². The lowest BCUT2D eigenvalue weighted by Crippen LogP contribution is -2.27. The van der Waals surface area contributed by atoms with Crippen molar-refractivity contribution in [2.45, 2.75) is 18.8 Å². The van der Waals surface area contributed by atoms with Gasteiger partial charge in [-0.05, 0) is 36.8 Å². The summed E-state index contributed by atoms with van der Waals surface area (Å²) in [5.74, 6) is 3.17. The maximum Gasteiger partial charge on any atom is 0.234 e. The van der Waals surface area contributed by atoms with Crippen LogP contribution in [0.4, 0.5) is 0 Å². The molecule has 3 rings (SSSR count). The Morgan fingerprint density at radius 2 is 2.05 bits per heavy atom. The van der Waals surface area contributed by atoms with Crippen molar-refractivity contribution in [2.24, 2.45) is 0 Å². The van der Waals surface area contributed by atoms with Gasteiger partial charge in [0.25, 0.3) is 0 Å². The minimum absolute atomic E-state index is 0.0359. The Kier molecular flexibility index (Phi) is 3.92. The fourth-order valence-electron chi connectivity index (χ4n) is 2.41. The fourth-order valence-corrected chi connectivity index (χ4v) is 3.60. The second-order valence-corrected chi connectivity index (χ2v) is 6.04. The molecule has 1 unspecified atom stereocenters. The quantitative estimate of drug-likeness (QED) is 0.868. The van der Waals surface area contributed by atoms with Crippen molar-refractivity contribution >= 4 is 17.7 Å². The van der Waals surface area contributed by atoms with Gasteiger partial charge >= 0.3 is 0 Å². The summed E-state index contributed by atoms with van der Waals surface area (Å²) < 4.78 is 10.8. The van der Waals surface area contributed by atoms with E-state index in [1.165, 1.54) is 0 Å². The molecule has 4 nitrogen and oxygen atoms in total. The predicted octanol–water partition coefficient (Wildman–Crippen LogP) is 3.37. The van der Waals surface area contributed by atoms with E-state index in [0.717, 1.165) is 22.8 Å². The average Bonchev–Trinajstić information content (AvgIpc) is 3.07. The lowest BCUT2D eigenvalue weighted by atomic mass is 10.2. The molecule has 0 N–H and O–H groups in total. The summed E-state index contributed by atoms with van der Waals surface area (Å²) in [6.07, 6.45) is 0. The summed E-state index contributed by atoms with van der Waals surface area (Å²) >= 11 is 1.65. The molecule has 0 aliphatic carbocycles. The molecule has 1 atom stereocenters. The molecule has 1 aliphatic rings. The van der Waals surface area contributed by atoms with E-state index in [1.54, 1.807) is 18.9 Å². The van der Waals surface area contributed by atoms with Crippen molar-refractivity contribution in [2.75, 3.05) is 12.9 Å². The van der Waals surface area contributed by atoms with Crippen LogP contribution in [0.2, 0.25) is 0 Å². The van der Waals surface area contributed by atoms with Crippen molar-refractivity contribution in [3.8, 4) is 5.75 Å². The number of rotatable bonds is 4. The Morgan fingerprint density at radius 1 is 1.29 bits per heavy atom. The molecule has 1 aromatic carbocycles. The molecule has 110 valence electrons. The van der Waals surface area contributed by atoms with Crippen molar-refractivity contribution in [1.29, 1.82) is 0 Å². The van der Waals surface area contributed by atoms with Gasteiger partial charge in [0.05, 0.1) is 19.4 Å². The van der Waals surface area contributed by atoms with Crippen LogP contribution in [0, 0.1) is 6.92 Å². The molecule has 1 aromatic heterocycles. The number of furan rings is 1. The highest BCUT2D eigenvalue weighted by Gasteiger charge is 2.33. The van der Waals surface area contributed by atoms with Crippen LogP contribution in [0.1, 0.15) is 22.5 Å². The Bertz CT molecular complexity index is 635. The van der Waals surface area contributed by atoms with Gasteiger partial charge in [0.2, 0.25) is 5.91 Å². The van der Waals surface area contributed by atoms with Crippen LogP contribution in [0.15, 0.2) is 40.8 Å². The Hall–Kier alpha value is -1.88. The van der Waals surface area contributed by atoms with E-state index in [1.807, 2.05) is 48.2 Å². The largest absolute Gasteiger partial charge is 0.497 e. The average molecular weight is 303 g/mol. The number of hydrogen-bond donors (Lipinski definition) is 0. The van der Waals surface area contributed by atoms with Crippen molar-refractivity contribution in [1.82, 2.24) is 4.90 Å². The van der Waals surface area contributed by atoms with Gasteiger partial charge in [-0.3, -0.25) is 4.79 Å². The third kappa shape index (κ3) is 2.93. The fraction of sp³-hybridized carbons (Fsp3) is 0.312. The zero-order valence-electron chi connectivity index (χ0n) is 12.0. The summed E-state index contributed by atoms with van der Waals surface area (Å²) in [5, 5.41) is 0.0359. The predicted molar refractivity (Wildman–Crippen MR) is 82.2 cm³/mol. The van der Waals surface area contributed by atoms with E-state index in [4.69, 9.17) is 9.15 Å². The molecule has 1 amide bonds. The second kappa shape index (κ2) is 5.85. The highest BCUT2D eigenvalue weighted by molar-refractivity contribution is 8.00. The number of nitrogens with zero attached hydrogens (tertiary/aromatic N) is 1. The van der Waals surface area contributed by atoms with E-state index in [-0.39, 0.29) is 11.3 Å². The van der Waals surface area contributed by atoms with Crippen molar-refractivity contribution < 1.29 is 13.9 Å². The monoisotopic (exact) mass is 303 g/mol. The first-order valence-electron chi connectivity index (χ1n) is 6.77. The van der Waals surface area contributed by atoms with Crippen LogP contribution in [0.25, 0.3) is 0 Å². The smallest absolute Gasteiger partial charge is 0.234 e. The van der Waals surface area contributed by atoms with E-state index >= 15 is 0 Å². The van der Waals surface area contributed by atoms with E-state index in [9.17, 15) is 4.79 Å². The normalized spacial score (nSPS) is 18.3. The lowest BCUT2D eigenvalue weighted by molar-refractivity contribution is -0.128. The Morgan fingerprint density at radius 3 is 2.67 bits per heavy atom. The number of carbonyl (C=O) groups excluding carboxylic acids is 1. The van der Waals surface area contributed by atoms with Gasteiger partial charge in [-0.1, -0.05) is 12.1 Å². The zero-order chi connectivity index (χ0) is 14.8. The van der Waals surface area contributed by atoms with E-state index in [0.29, 0.717) is 12.3 Å². The molecule has 21 heavy (non-hydrogen) atoms. The van der Waals surface area contributed by atoms with Gasteiger partial charge in [0.1, 0.15) is 22.6 Å². The molecule has 1 aliphatic heterocycles. The van der Waals surface area contributed by atoms with Crippen molar-refractivity contribution in [3.63, 3.8) is 0 Å². The number of carbonyl (C=O) groups is 1. The lowest BCUT2D eigenvalue weighted by Gasteiger charge is -2.23. The minimum atomic E-state index is 0.0359. The molecule has 2 heterocycles. The summed E-state index contributed by atoms with van der Waals surface area (Å²) in [4.78, 5) is 14.0. The van der Waals surface area contributed by atoms with Crippen molar-refractivity contribution in [3.05, 3.63) is 53.5 Å². The summed E-state index contributed by atoms with van der Waals surface area (Å²) in [6, 6.07) is 11.7. The van der Waals surface area contributed by atoms with Gasteiger partial charge in [0, 0.05) is 0 Å². The summed E-state index contributed by atoms with van der Waals surface area (Å²) in [5.41, 5.74) is 1.11. The van der Waals surface area contributed by atoms with Gasteiger partial charge in [0.15, 0.2) is 0 Å². The molecule has 1 fully saturated rings. The number of thioether (sulfide) groups is 1. The number of benzene rings is 1. The number of amides is 1. The second-order valence-electron chi connectivity index (χ2n) is 4.97. The third-order valence-electron chi connectivity index (χ3n) is 3.49. The van der Waals surface area contributed by atoms with Crippen LogP contribution in [-0.2, 0) is 11.3 Å². The standard InChI is InChI=1S/C16H17NO3S/c1-11-3-6-14(20-11)9-17-15(18)10-21-16(17)12-4-7-13(19-2)8-5-12/h3-8,16H,9-10H2,1-2H3. The molecular formula is C16H17NO3S. The van der Waals surface area contributed by atoms with Gasteiger partial charge in [-0.2, -0.15) is 0 Å². The maximum absolute atomic E-state index is 12.1. The van der Waals surface area contributed by atoms with Gasteiger partial charge in [-0.25, -0.2) is 0 Å². The van der Waals surface area contributed by atoms with Crippen LogP contribution in [0.3, 0.4) is 0 Å². The number of aryl methyl sites for hydroxylation is 1. The minimum Gasteiger partial charge on any atom is -0.497 e. The molecule has 5 heteroatoms. The topological polar surface area (TPSA) is 42.7 Å². The number of hydrogen-bond acceptors (Lipinski definition) is 4. The highest BCUT2D eigenvalue weighted by Crippen LogP contribution is 2.40. The van der Waals surface area contributed by atoms with Gasteiger partial charge < -0.3 is 14.1 Å². The molecular weight excluding hydrogens is 286 g/mol. The molecule has 0 radical (unpaired) electrons. The van der Waals surface area contributed by atoms with Crippen LogP contribution in [-0.4, -0.2) is 23.7 Å². The number of ether oxygens (including phenoxy) is 1. The van der Waals surface area contributed by atoms with Gasteiger partial charge in [-0.15, -0.1) is 11.8 Å². The molecule has 0 spiro atoms. The van der Waals surface area contributed by atoms with Crippen LogP contribution >= 0.6 is 11.8 Å². The highest BCUT2D eigenvalue weighted by atomic mass is 32.2.